The number of hydrogen-bond acceptors (Lipinski definition) is 5. The number of carbonyl (C=O) groups is 1. The number of thioether (sulfide) groups is 1. The highest BCUT2D eigenvalue weighted by molar-refractivity contribution is 7.99. The number of rotatable bonds is 12. The largest absolute Gasteiger partial charge is 0.494 e. The lowest BCUT2D eigenvalue weighted by Crippen LogP contribution is -2.31. The van der Waals surface area contributed by atoms with Crippen LogP contribution in [0.3, 0.4) is 0 Å². The molecule has 0 aliphatic carbocycles. The van der Waals surface area contributed by atoms with Crippen molar-refractivity contribution in [2.75, 3.05) is 13.2 Å². The minimum atomic E-state index is -0.138. The summed E-state index contributed by atoms with van der Waals surface area (Å²) < 4.78 is 5.48. The predicted molar refractivity (Wildman–Crippen MR) is 126 cm³/mol. The predicted octanol–water partition coefficient (Wildman–Crippen LogP) is 5.64. The normalized spacial score (nSPS) is 12.3. The van der Waals surface area contributed by atoms with Crippen molar-refractivity contribution in [2.24, 2.45) is 0 Å². The zero-order valence-corrected chi connectivity index (χ0v) is 18.7. The van der Waals surface area contributed by atoms with Gasteiger partial charge < -0.3 is 10.1 Å². The quantitative estimate of drug-likeness (QED) is 0.445. The van der Waals surface area contributed by atoms with Crippen molar-refractivity contribution in [2.45, 2.75) is 31.3 Å². The van der Waals surface area contributed by atoms with Gasteiger partial charge in [0, 0.05) is 23.2 Å². The van der Waals surface area contributed by atoms with E-state index in [9.17, 15) is 4.79 Å². The summed E-state index contributed by atoms with van der Waals surface area (Å²) in [5, 5.41) is 5.87. The molecule has 1 unspecified atom stereocenters. The highest BCUT2D eigenvalue weighted by Crippen LogP contribution is 2.28. The summed E-state index contributed by atoms with van der Waals surface area (Å²) in [5.74, 6) is 1.61. The van der Waals surface area contributed by atoms with E-state index in [2.05, 4.69) is 23.9 Å². The van der Waals surface area contributed by atoms with Gasteiger partial charge >= 0.3 is 0 Å². The van der Waals surface area contributed by atoms with E-state index in [1.165, 1.54) is 0 Å². The van der Waals surface area contributed by atoms with E-state index < -0.39 is 0 Å². The Morgan fingerprint density at radius 1 is 1.34 bits per heavy atom. The van der Waals surface area contributed by atoms with Gasteiger partial charge in [0.15, 0.2) is 0 Å². The Morgan fingerprint density at radius 3 is 2.76 bits per heavy atom. The monoisotopic (exact) mass is 428 g/mol. The molecule has 0 saturated heterocycles. The van der Waals surface area contributed by atoms with Gasteiger partial charge in [-0.15, -0.1) is 23.1 Å². The zero-order chi connectivity index (χ0) is 21.1. The third kappa shape index (κ3) is 7.55. The second kappa shape index (κ2) is 12.3. The van der Waals surface area contributed by atoms with Crippen LogP contribution in [0.5, 0.6) is 5.75 Å². The van der Waals surface area contributed by atoms with Crippen LogP contribution < -0.4 is 10.1 Å². The maximum Gasteiger partial charge on any atom is 0.232 e. The molecule has 154 valence electrons. The first kappa shape index (κ1) is 23.0. The number of benzene rings is 1. The summed E-state index contributed by atoms with van der Waals surface area (Å²) in [4.78, 5) is 17.0. The average molecular weight is 429 g/mol. The van der Waals surface area contributed by atoms with Gasteiger partial charge in [0.25, 0.3) is 0 Å². The van der Waals surface area contributed by atoms with E-state index >= 15 is 0 Å². The smallest absolute Gasteiger partial charge is 0.232 e. The van der Waals surface area contributed by atoms with Crippen LogP contribution >= 0.6 is 23.1 Å². The van der Waals surface area contributed by atoms with Crippen LogP contribution in [0, 0.1) is 0 Å². The number of allylic oxidation sites excluding steroid dienone is 3. The van der Waals surface area contributed by atoms with Gasteiger partial charge in [-0.3, -0.25) is 4.79 Å². The third-order valence-corrected chi connectivity index (χ3v) is 6.24. The first-order chi connectivity index (χ1) is 14.1. The lowest BCUT2D eigenvalue weighted by molar-refractivity contribution is -0.120. The van der Waals surface area contributed by atoms with E-state index in [0.717, 1.165) is 34.0 Å². The van der Waals surface area contributed by atoms with Crippen molar-refractivity contribution in [3.8, 4) is 16.3 Å². The Balaban J connectivity index is 1.80. The molecule has 0 saturated carbocycles. The van der Waals surface area contributed by atoms with E-state index in [1.54, 1.807) is 35.3 Å². The second-order valence-electron chi connectivity index (χ2n) is 6.28. The molecule has 29 heavy (non-hydrogen) atoms. The van der Waals surface area contributed by atoms with E-state index in [-0.39, 0.29) is 11.2 Å². The highest BCUT2D eigenvalue weighted by atomic mass is 32.2. The molecule has 0 aliphatic heterocycles. The van der Waals surface area contributed by atoms with Crippen LogP contribution in [-0.4, -0.2) is 29.3 Å². The summed E-state index contributed by atoms with van der Waals surface area (Å²) in [6.07, 6.45) is 6.17. The minimum Gasteiger partial charge on any atom is -0.494 e. The van der Waals surface area contributed by atoms with Crippen molar-refractivity contribution >= 4 is 29.0 Å². The van der Waals surface area contributed by atoms with Gasteiger partial charge in [-0.25, -0.2) is 4.98 Å². The molecular formula is C23H28N2O2S2. The summed E-state index contributed by atoms with van der Waals surface area (Å²) in [7, 11) is 0. The van der Waals surface area contributed by atoms with Crippen LogP contribution in [0.1, 0.15) is 26.0 Å². The summed E-state index contributed by atoms with van der Waals surface area (Å²) in [5.41, 5.74) is 3.13. The van der Waals surface area contributed by atoms with Crippen molar-refractivity contribution in [1.29, 1.82) is 0 Å². The molecule has 1 atom stereocenters. The molecule has 4 nitrogen and oxygen atoms in total. The van der Waals surface area contributed by atoms with Crippen molar-refractivity contribution < 1.29 is 9.53 Å². The first-order valence-corrected chi connectivity index (χ1v) is 11.5. The molecule has 1 N–H and O–H groups in total. The standard InChI is InChI=1S/C23H28N2O2S2/c1-5-8-18(6-2)13-14-24-22(26)17(4)28-15-20-16-29-23(25-20)19-9-11-21(12-10-19)27-7-3/h5-6,8-12,16-17H,1-2,7,13-15H2,3-4H3,(H,24,26)/b18-8+. The Hall–Kier alpha value is -2.31. The number of amides is 1. The van der Waals surface area contributed by atoms with E-state index in [4.69, 9.17) is 9.72 Å². The maximum atomic E-state index is 12.3. The number of hydrogen-bond donors (Lipinski definition) is 1. The molecule has 0 fully saturated rings. The molecule has 1 heterocycles. The van der Waals surface area contributed by atoms with Gasteiger partial charge in [0.05, 0.1) is 17.6 Å². The number of aromatic nitrogens is 1. The molecule has 0 bridgehead atoms. The van der Waals surface area contributed by atoms with Crippen LogP contribution in [0.25, 0.3) is 10.6 Å². The molecule has 2 aromatic rings. The van der Waals surface area contributed by atoms with E-state index in [1.807, 2.05) is 44.2 Å². The Morgan fingerprint density at radius 2 is 2.10 bits per heavy atom. The van der Waals surface area contributed by atoms with Crippen LogP contribution in [0.4, 0.5) is 0 Å². The number of carbonyl (C=O) groups excluding carboxylic acids is 1. The van der Waals surface area contributed by atoms with Gasteiger partial charge in [-0.1, -0.05) is 31.4 Å². The van der Waals surface area contributed by atoms with Crippen molar-refractivity contribution in [3.63, 3.8) is 0 Å². The molecule has 0 aliphatic rings. The Labute approximate surface area is 181 Å². The van der Waals surface area contributed by atoms with Gasteiger partial charge in [-0.2, -0.15) is 0 Å². The average Bonchev–Trinajstić information content (AvgIpc) is 3.21. The Bertz CT molecular complexity index is 841. The fourth-order valence-electron chi connectivity index (χ4n) is 2.53. The minimum absolute atomic E-state index is 0.0407. The van der Waals surface area contributed by atoms with Gasteiger partial charge in [0.2, 0.25) is 5.91 Å². The van der Waals surface area contributed by atoms with Crippen molar-refractivity contribution in [3.05, 3.63) is 72.3 Å². The summed E-state index contributed by atoms with van der Waals surface area (Å²) >= 11 is 3.21. The van der Waals surface area contributed by atoms with Gasteiger partial charge in [-0.05, 0) is 50.1 Å². The van der Waals surface area contributed by atoms with Crippen LogP contribution in [0.2, 0.25) is 0 Å². The van der Waals surface area contributed by atoms with Crippen molar-refractivity contribution in [1.82, 2.24) is 10.3 Å². The van der Waals surface area contributed by atoms with E-state index in [0.29, 0.717) is 18.9 Å². The SMILES string of the molecule is C=C/C=C(\C=C)CCNC(=O)C(C)SCc1csc(-c2ccc(OCC)cc2)n1. The molecule has 1 aromatic heterocycles. The lowest BCUT2D eigenvalue weighted by atomic mass is 10.1. The number of thiazole rings is 1. The zero-order valence-electron chi connectivity index (χ0n) is 17.0. The third-order valence-electron chi connectivity index (χ3n) is 4.12. The summed E-state index contributed by atoms with van der Waals surface area (Å²) in [6, 6.07) is 7.97. The second-order valence-corrected chi connectivity index (χ2v) is 8.46. The molecule has 1 aromatic carbocycles. The molecule has 2 rings (SSSR count). The van der Waals surface area contributed by atoms with Crippen LogP contribution in [-0.2, 0) is 10.5 Å². The summed E-state index contributed by atoms with van der Waals surface area (Å²) in [6.45, 7) is 12.6. The molecule has 1 amide bonds. The Kier molecular flexibility index (Phi) is 9.74. The van der Waals surface area contributed by atoms with Gasteiger partial charge in [0.1, 0.15) is 10.8 Å². The fourth-order valence-corrected chi connectivity index (χ4v) is 4.27. The molecule has 6 heteroatoms. The lowest BCUT2D eigenvalue weighted by Gasteiger charge is -2.11. The number of nitrogens with zero attached hydrogens (tertiary/aromatic N) is 1. The maximum absolute atomic E-state index is 12.3. The van der Waals surface area contributed by atoms with Crippen LogP contribution in [0.15, 0.2) is 66.6 Å². The molecule has 0 spiro atoms. The number of ether oxygens (including phenoxy) is 1. The number of nitrogens with one attached hydrogen (secondary N) is 1. The molecule has 0 radical (unpaired) electrons. The fraction of sp³-hybridized carbons (Fsp3) is 0.304. The molecular weight excluding hydrogens is 400 g/mol. The first-order valence-electron chi connectivity index (χ1n) is 9.58. The highest BCUT2D eigenvalue weighted by Gasteiger charge is 2.14. The topological polar surface area (TPSA) is 51.2 Å².